The van der Waals surface area contributed by atoms with Gasteiger partial charge in [0.15, 0.2) is 0 Å². The van der Waals surface area contributed by atoms with Crippen LogP contribution in [0.25, 0.3) is 0 Å². The van der Waals surface area contributed by atoms with Gasteiger partial charge >= 0.3 is 0 Å². The normalized spacial score (nSPS) is 7.64. The second-order valence-corrected chi connectivity index (χ2v) is 2.13. The number of hydrogen-bond acceptors (Lipinski definition) is 0. The highest BCUT2D eigenvalue weighted by Gasteiger charge is 1.86. The van der Waals surface area contributed by atoms with Gasteiger partial charge in [0.25, 0.3) is 0 Å². The largest absolute Gasteiger partial charge is 0.115 e. The van der Waals surface area contributed by atoms with Crippen LogP contribution >= 0.6 is 11.6 Å². The lowest BCUT2D eigenvalue weighted by Gasteiger charge is -1.89. The fraction of sp³-hybridized carbons (Fsp3) is 0. The van der Waals surface area contributed by atoms with E-state index in [9.17, 15) is 0 Å². The molecule has 0 aromatic heterocycles. The molecule has 1 rings (SSSR count). The minimum Gasteiger partial charge on any atom is -0.115 e. The molecule has 0 unspecified atom stereocenters. The first-order chi connectivity index (χ1) is 5.36. The van der Waals surface area contributed by atoms with Gasteiger partial charge in [0.2, 0.25) is 0 Å². The van der Waals surface area contributed by atoms with Crippen LogP contribution in [0.4, 0.5) is 0 Å². The molecule has 0 aliphatic rings. The summed E-state index contributed by atoms with van der Waals surface area (Å²) in [7, 11) is 0. The molecule has 1 aromatic rings. The smallest absolute Gasteiger partial charge is 0.0258 e. The summed E-state index contributed by atoms with van der Waals surface area (Å²) in [6.45, 7) is 0. The van der Waals surface area contributed by atoms with E-state index in [1.807, 2.05) is 24.3 Å². The lowest BCUT2D eigenvalue weighted by Crippen LogP contribution is -1.74. The Balaban J connectivity index is 3.00. The zero-order valence-electron chi connectivity index (χ0n) is 5.76. The number of hydrogen-bond donors (Lipinski definition) is 0. The lowest BCUT2D eigenvalue weighted by atomic mass is 10.1. The van der Waals surface area contributed by atoms with Crippen molar-refractivity contribution in [2.75, 3.05) is 0 Å². The van der Waals surface area contributed by atoms with Crippen LogP contribution in [0.5, 0.6) is 0 Å². The summed E-state index contributed by atoms with van der Waals surface area (Å²) in [6.07, 6.45) is 5.16. The maximum absolute atomic E-state index is 5.21. The number of halogens is 1. The Bertz CT molecular complexity index is 330. The zero-order valence-corrected chi connectivity index (χ0v) is 6.52. The van der Waals surface area contributed by atoms with Crippen molar-refractivity contribution >= 4 is 11.6 Å². The second-order valence-electron chi connectivity index (χ2n) is 1.94. The van der Waals surface area contributed by atoms with Crippen LogP contribution in [0, 0.1) is 23.6 Å². The Morgan fingerprint density at radius 1 is 1.09 bits per heavy atom. The molecule has 1 aromatic carbocycles. The van der Waals surface area contributed by atoms with Crippen molar-refractivity contribution in [1.82, 2.24) is 0 Å². The third kappa shape index (κ3) is 2.04. The fourth-order valence-corrected chi connectivity index (χ4v) is 0.813. The molecule has 0 nitrogen and oxygen atoms in total. The molecule has 0 fully saturated rings. The van der Waals surface area contributed by atoms with E-state index in [0.29, 0.717) is 0 Å². The molecule has 0 bridgehead atoms. The van der Waals surface area contributed by atoms with E-state index in [4.69, 9.17) is 18.0 Å². The molecule has 0 radical (unpaired) electrons. The summed E-state index contributed by atoms with van der Waals surface area (Å²) in [6, 6.07) is 7.34. The quantitative estimate of drug-likeness (QED) is 0.511. The highest BCUT2D eigenvalue weighted by atomic mass is 35.5. The van der Waals surface area contributed by atoms with Crippen molar-refractivity contribution in [1.29, 1.82) is 0 Å². The van der Waals surface area contributed by atoms with Gasteiger partial charge < -0.3 is 0 Å². The Hall–Kier alpha value is -1.37. The molecule has 0 saturated heterocycles. The average molecular weight is 161 g/mol. The molecule has 0 atom stereocenters. The molecule has 0 spiro atoms. The van der Waals surface area contributed by atoms with Crippen molar-refractivity contribution in [3.63, 3.8) is 0 Å². The average Bonchev–Trinajstić information content (AvgIpc) is 2.07. The number of terminal acetylenes is 1. The second kappa shape index (κ2) is 3.71. The number of benzene rings is 1. The van der Waals surface area contributed by atoms with Crippen LogP contribution in [-0.2, 0) is 0 Å². The minimum absolute atomic E-state index is 0.852. The van der Waals surface area contributed by atoms with Gasteiger partial charge in [0.1, 0.15) is 0 Å². The van der Waals surface area contributed by atoms with Gasteiger partial charge in [-0.2, -0.15) is 0 Å². The highest BCUT2D eigenvalue weighted by Crippen LogP contribution is 2.01. The van der Waals surface area contributed by atoms with E-state index in [0.717, 1.165) is 11.1 Å². The standard InChI is InChI=1S/C10H5Cl/c1-2-9-3-5-10(6-4-9)7-8-11/h1,3-6H. The third-order valence-electron chi connectivity index (χ3n) is 1.24. The summed E-state index contributed by atoms with van der Waals surface area (Å²) in [4.78, 5) is 0. The zero-order chi connectivity index (χ0) is 8.10. The van der Waals surface area contributed by atoms with Crippen molar-refractivity contribution < 1.29 is 0 Å². The number of rotatable bonds is 0. The van der Waals surface area contributed by atoms with Gasteiger partial charge in [-0.3, -0.25) is 0 Å². The van der Waals surface area contributed by atoms with Crippen LogP contribution < -0.4 is 0 Å². The third-order valence-corrected chi connectivity index (χ3v) is 1.34. The van der Waals surface area contributed by atoms with Crippen LogP contribution in [0.2, 0.25) is 0 Å². The Labute approximate surface area is 71.2 Å². The van der Waals surface area contributed by atoms with Gasteiger partial charge in [-0.05, 0) is 41.8 Å². The Kier molecular flexibility index (Phi) is 2.61. The van der Waals surface area contributed by atoms with Crippen molar-refractivity contribution in [3.8, 4) is 23.6 Å². The summed E-state index contributed by atoms with van der Waals surface area (Å²) in [5.41, 5.74) is 1.73. The molecule has 0 heterocycles. The van der Waals surface area contributed by atoms with E-state index in [1.54, 1.807) is 0 Å². The summed E-state index contributed by atoms with van der Waals surface area (Å²) >= 11 is 5.21. The highest BCUT2D eigenvalue weighted by molar-refractivity contribution is 6.30. The molecule has 0 saturated carbocycles. The van der Waals surface area contributed by atoms with Gasteiger partial charge in [-0.25, -0.2) is 0 Å². The van der Waals surface area contributed by atoms with E-state index in [1.165, 1.54) is 0 Å². The van der Waals surface area contributed by atoms with Crippen LogP contribution in [-0.4, -0.2) is 0 Å². The fourth-order valence-electron chi connectivity index (χ4n) is 0.704. The lowest BCUT2D eigenvalue weighted by molar-refractivity contribution is 1.61. The predicted octanol–water partition coefficient (Wildman–Crippen LogP) is 2.22. The van der Waals surface area contributed by atoms with Crippen molar-refractivity contribution in [3.05, 3.63) is 35.4 Å². The first-order valence-corrected chi connectivity index (χ1v) is 3.43. The molecule has 1 heteroatoms. The molecule has 0 aliphatic heterocycles. The first-order valence-electron chi connectivity index (χ1n) is 3.05. The van der Waals surface area contributed by atoms with Gasteiger partial charge in [-0.15, -0.1) is 6.42 Å². The Morgan fingerprint density at radius 2 is 1.64 bits per heavy atom. The maximum Gasteiger partial charge on any atom is 0.0258 e. The van der Waals surface area contributed by atoms with E-state index in [2.05, 4.69) is 17.2 Å². The molecule has 0 amide bonds. The SMILES string of the molecule is C#Cc1ccc(C#CCl)cc1. The minimum atomic E-state index is 0.852. The summed E-state index contributed by atoms with van der Waals surface area (Å²) < 4.78 is 0. The van der Waals surface area contributed by atoms with Gasteiger partial charge in [0.05, 0.1) is 0 Å². The van der Waals surface area contributed by atoms with Crippen molar-refractivity contribution in [2.45, 2.75) is 0 Å². The maximum atomic E-state index is 5.21. The van der Waals surface area contributed by atoms with Crippen LogP contribution in [0.3, 0.4) is 0 Å². The Morgan fingerprint density at radius 3 is 2.09 bits per heavy atom. The molecule has 52 valence electrons. The first kappa shape index (κ1) is 7.73. The van der Waals surface area contributed by atoms with Gasteiger partial charge in [0, 0.05) is 16.5 Å². The van der Waals surface area contributed by atoms with Crippen LogP contribution in [0.1, 0.15) is 11.1 Å². The summed E-state index contributed by atoms with van der Waals surface area (Å²) in [5.74, 6) is 5.22. The monoisotopic (exact) mass is 160 g/mol. The van der Waals surface area contributed by atoms with E-state index < -0.39 is 0 Å². The van der Waals surface area contributed by atoms with Gasteiger partial charge in [-0.1, -0.05) is 5.92 Å². The summed E-state index contributed by atoms with van der Waals surface area (Å²) in [5, 5.41) is 2.29. The molecular formula is C10H5Cl. The molecular weight excluding hydrogens is 156 g/mol. The topological polar surface area (TPSA) is 0 Å². The predicted molar refractivity (Wildman–Crippen MR) is 47.1 cm³/mol. The molecule has 0 aliphatic carbocycles. The van der Waals surface area contributed by atoms with Crippen LogP contribution in [0.15, 0.2) is 24.3 Å². The van der Waals surface area contributed by atoms with Crippen molar-refractivity contribution in [2.24, 2.45) is 0 Å². The molecule has 0 N–H and O–H groups in total. The van der Waals surface area contributed by atoms with E-state index >= 15 is 0 Å². The van der Waals surface area contributed by atoms with E-state index in [-0.39, 0.29) is 0 Å². The molecule has 11 heavy (non-hydrogen) atoms.